The Hall–Kier alpha value is -5.36. The molecule has 4 aromatic carbocycles. The van der Waals surface area contributed by atoms with Gasteiger partial charge in [-0.05, 0) is 91.9 Å². The molecule has 0 bridgehead atoms. The highest BCUT2D eigenvalue weighted by molar-refractivity contribution is 6.11. The average Bonchev–Trinajstić information content (AvgIpc) is 3.47. The lowest BCUT2D eigenvalue weighted by Gasteiger charge is -2.18. The summed E-state index contributed by atoms with van der Waals surface area (Å²) in [7, 11) is 0. The number of nitrogens with zero attached hydrogens (tertiary/aromatic N) is 3. The Kier molecular flexibility index (Phi) is 6.01. The Morgan fingerprint density at radius 3 is 2.17 bits per heavy atom. The number of benzene rings is 4. The fourth-order valence-electron chi connectivity index (χ4n) is 5.62. The number of aromatic nitrogens is 3. The van der Waals surface area contributed by atoms with Crippen molar-refractivity contribution in [3.8, 4) is 11.5 Å². The number of aryl methyl sites for hydroxylation is 3. The van der Waals surface area contributed by atoms with Crippen LogP contribution >= 0.6 is 0 Å². The van der Waals surface area contributed by atoms with E-state index < -0.39 is 0 Å². The summed E-state index contributed by atoms with van der Waals surface area (Å²) in [6, 6.07) is 30.9. The molecule has 7 rings (SSSR count). The molecule has 0 saturated heterocycles. The zero-order valence-corrected chi connectivity index (χ0v) is 23.1. The number of rotatable bonds is 6. The fraction of sp³-hybridized carbons (Fsp3) is 0.0857. The van der Waals surface area contributed by atoms with E-state index in [1.807, 2.05) is 65.3 Å². The highest BCUT2D eigenvalue weighted by Gasteiger charge is 2.12. The van der Waals surface area contributed by atoms with E-state index in [1.165, 1.54) is 16.7 Å². The molecule has 0 aliphatic carbocycles. The summed E-state index contributed by atoms with van der Waals surface area (Å²) in [5.74, 6) is 1.49. The Labute approximate surface area is 238 Å². The van der Waals surface area contributed by atoms with Crippen molar-refractivity contribution in [2.75, 3.05) is 10.6 Å². The van der Waals surface area contributed by atoms with Crippen LogP contribution in [0.25, 0.3) is 27.5 Å². The van der Waals surface area contributed by atoms with Gasteiger partial charge in [0.2, 0.25) is 0 Å². The van der Waals surface area contributed by atoms with Crippen LogP contribution in [0.2, 0.25) is 0 Å². The van der Waals surface area contributed by atoms with Crippen molar-refractivity contribution in [3.05, 3.63) is 126 Å². The maximum Gasteiger partial charge on any atom is 0.146 e. The van der Waals surface area contributed by atoms with Crippen molar-refractivity contribution >= 4 is 50.2 Å². The normalized spacial score (nSPS) is 11.3. The van der Waals surface area contributed by atoms with Gasteiger partial charge >= 0.3 is 0 Å². The Bertz CT molecular complexity index is 2050. The van der Waals surface area contributed by atoms with Gasteiger partial charge in [0.15, 0.2) is 0 Å². The maximum atomic E-state index is 6.36. The van der Waals surface area contributed by atoms with Crippen LogP contribution in [-0.2, 0) is 0 Å². The molecule has 0 saturated carbocycles. The fourth-order valence-corrected chi connectivity index (χ4v) is 5.62. The lowest BCUT2D eigenvalue weighted by Crippen LogP contribution is -2.01. The molecule has 0 aliphatic rings. The molecule has 6 heteroatoms. The number of ether oxygens (including phenoxy) is 1. The van der Waals surface area contributed by atoms with Crippen molar-refractivity contribution in [2.45, 2.75) is 20.8 Å². The van der Waals surface area contributed by atoms with Gasteiger partial charge < -0.3 is 15.4 Å². The molecule has 0 spiro atoms. The molecular weight excluding hydrogens is 506 g/mol. The summed E-state index contributed by atoms with van der Waals surface area (Å²) in [6.07, 6.45) is 5.56. The molecule has 0 aliphatic heterocycles. The Balaban J connectivity index is 1.18. The van der Waals surface area contributed by atoms with Gasteiger partial charge in [-0.1, -0.05) is 35.9 Å². The second-order valence-electron chi connectivity index (χ2n) is 10.4. The minimum atomic E-state index is 0.742. The van der Waals surface area contributed by atoms with Crippen LogP contribution in [0.5, 0.6) is 11.5 Å². The van der Waals surface area contributed by atoms with Gasteiger partial charge in [-0.15, -0.1) is 0 Å². The Morgan fingerprint density at radius 1 is 0.610 bits per heavy atom. The van der Waals surface area contributed by atoms with Crippen LogP contribution < -0.4 is 15.4 Å². The molecule has 0 unspecified atom stereocenters. The molecule has 0 atom stereocenters. The van der Waals surface area contributed by atoms with E-state index in [1.54, 1.807) is 6.20 Å². The molecule has 3 heterocycles. The number of anilines is 4. The quantitative estimate of drug-likeness (QED) is 0.208. The minimum absolute atomic E-state index is 0.742. The molecular formula is C35H29N5O. The third-order valence-electron chi connectivity index (χ3n) is 7.39. The van der Waals surface area contributed by atoms with Crippen LogP contribution in [0.4, 0.5) is 22.7 Å². The molecule has 6 nitrogen and oxygen atoms in total. The second kappa shape index (κ2) is 9.99. The molecule has 7 aromatic rings. The van der Waals surface area contributed by atoms with E-state index in [4.69, 9.17) is 4.74 Å². The van der Waals surface area contributed by atoms with E-state index in [9.17, 15) is 0 Å². The number of hydrogen-bond donors (Lipinski definition) is 2. The van der Waals surface area contributed by atoms with Crippen LogP contribution in [0.15, 0.2) is 110 Å². The van der Waals surface area contributed by atoms with Gasteiger partial charge in [-0.2, -0.15) is 0 Å². The van der Waals surface area contributed by atoms with Crippen molar-refractivity contribution in [3.63, 3.8) is 0 Å². The van der Waals surface area contributed by atoms with Gasteiger partial charge in [0.25, 0.3) is 0 Å². The Morgan fingerprint density at radius 2 is 1.34 bits per heavy atom. The summed E-state index contributed by atoms with van der Waals surface area (Å²) < 4.78 is 8.39. The molecule has 3 aromatic heterocycles. The second-order valence-corrected chi connectivity index (χ2v) is 10.4. The third-order valence-corrected chi connectivity index (χ3v) is 7.39. The van der Waals surface area contributed by atoms with Gasteiger partial charge in [0.1, 0.15) is 22.8 Å². The van der Waals surface area contributed by atoms with E-state index in [0.29, 0.717) is 0 Å². The predicted octanol–water partition coefficient (Wildman–Crippen LogP) is 9.24. The molecule has 200 valence electrons. The molecule has 0 amide bonds. The maximum absolute atomic E-state index is 6.36. The van der Waals surface area contributed by atoms with Crippen LogP contribution in [0, 0.1) is 20.8 Å². The monoisotopic (exact) mass is 535 g/mol. The van der Waals surface area contributed by atoms with Crippen molar-refractivity contribution in [1.29, 1.82) is 0 Å². The molecule has 0 fully saturated rings. The predicted molar refractivity (Wildman–Crippen MR) is 168 cm³/mol. The van der Waals surface area contributed by atoms with Gasteiger partial charge in [-0.25, -0.2) is 9.97 Å². The first kappa shape index (κ1) is 24.7. The zero-order chi connectivity index (χ0) is 27.9. The van der Waals surface area contributed by atoms with Crippen molar-refractivity contribution < 1.29 is 4.74 Å². The molecule has 41 heavy (non-hydrogen) atoms. The summed E-state index contributed by atoms with van der Waals surface area (Å²) in [5.41, 5.74) is 9.51. The standard InChI is InChI=1S/C35H29N5O/c1-22-18-23(2)33(24(3)19-22)39-32-12-5-4-11-31(32)38-25-8-6-9-26(20-25)41-27-13-14-28-29-10-7-15-36-34(29)40-17-16-37-35(40)30(28)21-27/h4-21,38-39H,1-3H3. The van der Waals surface area contributed by atoms with Crippen molar-refractivity contribution in [1.82, 2.24) is 14.4 Å². The number of para-hydroxylation sites is 2. The first-order valence-corrected chi connectivity index (χ1v) is 13.7. The average molecular weight is 536 g/mol. The molecule has 0 radical (unpaired) electrons. The third kappa shape index (κ3) is 4.59. The largest absolute Gasteiger partial charge is 0.457 e. The van der Waals surface area contributed by atoms with Crippen LogP contribution in [0.3, 0.4) is 0 Å². The number of nitrogens with one attached hydrogen (secondary N) is 2. The number of imidazole rings is 1. The van der Waals surface area contributed by atoms with Crippen LogP contribution in [-0.4, -0.2) is 14.4 Å². The number of pyridine rings is 2. The first-order valence-electron chi connectivity index (χ1n) is 13.7. The van der Waals surface area contributed by atoms with E-state index in [0.717, 1.165) is 61.7 Å². The molecule has 2 N–H and O–H groups in total. The van der Waals surface area contributed by atoms with Crippen LogP contribution in [0.1, 0.15) is 16.7 Å². The summed E-state index contributed by atoms with van der Waals surface area (Å²) >= 11 is 0. The summed E-state index contributed by atoms with van der Waals surface area (Å²) in [5, 5.41) is 10.4. The van der Waals surface area contributed by atoms with Crippen molar-refractivity contribution in [2.24, 2.45) is 0 Å². The summed E-state index contributed by atoms with van der Waals surface area (Å²) in [4.78, 5) is 9.20. The zero-order valence-electron chi connectivity index (χ0n) is 23.1. The van der Waals surface area contributed by atoms with Gasteiger partial charge in [0.05, 0.1) is 11.4 Å². The minimum Gasteiger partial charge on any atom is -0.457 e. The lowest BCUT2D eigenvalue weighted by molar-refractivity contribution is 0.484. The van der Waals surface area contributed by atoms with E-state index >= 15 is 0 Å². The summed E-state index contributed by atoms with van der Waals surface area (Å²) in [6.45, 7) is 6.41. The first-order chi connectivity index (χ1) is 20.0. The smallest absolute Gasteiger partial charge is 0.146 e. The highest BCUT2D eigenvalue weighted by atomic mass is 16.5. The number of hydrogen-bond acceptors (Lipinski definition) is 5. The van der Waals surface area contributed by atoms with Gasteiger partial charge in [-0.3, -0.25) is 4.40 Å². The van der Waals surface area contributed by atoms with E-state index in [2.05, 4.69) is 83.8 Å². The number of fused-ring (bicyclic) bond motifs is 6. The SMILES string of the molecule is Cc1cc(C)c(Nc2ccccc2Nc2cccc(Oc3ccc4c5cccnc5n5ccnc5c4c3)c2)c(C)c1. The lowest BCUT2D eigenvalue weighted by atomic mass is 10.0. The van der Waals surface area contributed by atoms with E-state index in [-0.39, 0.29) is 0 Å². The topological polar surface area (TPSA) is 63.5 Å². The highest BCUT2D eigenvalue weighted by Crippen LogP contribution is 2.35. The van der Waals surface area contributed by atoms with Gasteiger partial charge in [0, 0.05) is 46.8 Å².